The van der Waals surface area contributed by atoms with Crippen LogP contribution in [0.25, 0.3) is 0 Å². The number of ether oxygens (including phenoxy) is 1. The summed E-state index contributed by atoms with van der Waals surface area (Å²) in [7, 11) is 0. The first kappa shape index (κ1) is 18.1. The van der Waals surface area contributed by atoms with Crippen molar-refractivity contribution in [1.29, 1.82) is 0 Å². The van der Waals surface area contributed by atoms with Crippen molar-refractivity contribution in [3.8, 4) is 0 Å². The van der Waals surface area contributed by atoms with Crippen molar-refractivity contribution in [3.63, 3.8) is 0 Å². The molecule has 1 aliphatic heterocycles. The van der Waals surface area contributed by atoms with E-state index in [1.165, 1.54) is 31.4 Å². The zero-order chi connectivity index (χ0) is 18.6. The molecule has 0 spiro atoms. The van der Waals surface area contributed by atoms with Crippen molar-refractivity contribution in [2.75, 3.05) is 19.7 Å². The van der Waals surface area contributed by atoms with Crippen LogP contribution in [0.3, 0.4) is 0 Å². The lowest BCUT2D eigenvalue weighted by Gasteiger charge is -2.33. The van der Waals surface area contributed by atoms with Gasteiger partial charge < -0.3 is 9.64 Å². The number of hydrogen-bond donors (Lipinski definition) is 0. The molecule has 1 amide bonds. The predicted molar refractivity (Wildman–Crippen MR) is 97.7 cm³/mol. The van der Waals surface area contributed by atoms with Gasteiger partial charge in [-0.05, 0) is 49.3 Å². The van der Waals surface area contributed by atoms with Gasteiger partial charge in [-0.3, -0.25) is 4.79 Å². The molecule has 27 heavy (non-hydrogen) atoms. The minimum absolute atomic E-state index is 0.0808. The van der Waals surface area contributed by atoms with E-state index in [9.17, 15) is 9.18 Å². The molecule has 7 heteroatoms. The Bertz CT molecular complexity index is 767. The van der Waals surface area contributed by atoms with Crippen molar-refractivity contribution < 1.29 is 13.9 Å². The summed E-state index contributed by atoms with van der Waals surface area (Å²) in [6.45, 7) is 2.63. The van der Waals surface area contributed by atoms with Gasteiger partial charge in [0, 0.05) is 19.7 Å². The van der Waals surface area contributed by atoms with Gasteiger partial charge in [-0.1, -0.05) is 23.8 Å². The van der Waals surface area contributed by atoms with Gasteiger partial charge in [0.05, 0.1) is 18.8 Å². The molecule has 1 atom stereocenters. The zero-order valence-corrected chi connectivity index (χ0v) is 15.4. The van der Waals surface area contributed by atoms with Crippen molar-refractivity contribution >= 4 is 5.91 Å². The Balaban J connectivity index is 1.43. The normalized spacial score (nSPS) is 19.8. The van der Waals surface area contributed by atoms with Crippen LogP contribution < -0.4 is 0 Å². The quantitative estimate of drug-likeness (QED) is 0.750. The van der Waals surface area contributed by atoms with E-state index in [-0.39, 0.29) is 17.8 Å². The van der Waals surface area contributed by atoms with E-state index in [4.69, 9.17) is 4.74 Å². The Morgan fingerprint density at radius 2 is 2.00 bits per heavy atom. The van der Waals surface area contributed by atoms with Crippen LogP contribution in [0.1, 0.15) is 48.2 Å². The molecule has 1 saturated carbocycles. The third-order valence-corrected chi connectivity index (χ3v) is 5.45. The van der Waals surface area contributed by atoms with Gasteiger partial charge in [0.25, 0.3) is 5.91 Å². The summed E-state index contributed by atoms with van der Waals surface area (Å²) >= 11 is 0. The van der Waals surface area contributed by atoms with E-state index in [2.05, 4.69) is 10.3 Å². The largest absolute Gasteiger partial charge is 0.376 e. The van der Waals surface area contributed by atoms with E-state index in [1.807, 2.05) is 4.90 Å². The van der Waals surface area contributed by atoms with Crippen LogP contribution in [0.5, 0.6) is 0 Å². The molecule has 0 N–H and O–H groups in total. The van der Waals surface area contributed by atoms with Crippen LogP contribution in [0.4, 0.5) is 4.39 Å². The van der Waals surface area contributed by atoms with Crippen LogP contribution in [-0.2, 0) is 11.3 Å². The van der Waals surface area contributed by atoms with Crippen molar-refractivity contribution in [1.82, 2.24) is 19.9 Å². The standard InChI is InChI=1S/C20H25FN4O2/c21-17-8-6-16(7-9-17)12-25-14-19(22-23-25)20(26)24(11-15-3-1-4-15)13-18-5-2-10-27-18/h6-9,14-15,18H,1-5,10-13H2/t18-/m0/s1. The fourth-order valence-electron chi connectivity index (χ4n) is 3.67. The van der Waals surface area contributed by atoms with E-state index >= 15 is 0 Å². The van der Waals surface area contributed by atoms with Crippen LogP contribution in [0, 0.1) is 11.7 Å². The predicted octanol–water partition coefficient (Wildman–Crippen LogP) is 2.89. The molecule has 2 aliphatic rings. The second kappa shape index (κ2) is 8.17. The SMILES string of the molecule is O=C(c1cn(Cc2ccc(F)cc2)nn1)N(CC1CCC1)C[C@@H]1CCCO1. The van der Waals surface area contributed by atoms with Crippen molar-refractivity contribution in [3.05, 3.63) is 47.5 Å². The second-order valence-corrected chi connectivity index (χ2v) is 7.57. The van der Waals surface area contributed by atoms with Crippen molar-refractivity contribution in [2.45, 2.75) is 44.8 Å². The zero-order valence-electron chi connectivity index (χ0n) is 15.4. The van der Waals surface area contributed by atoms with Gasteiger partial charge in [-0.25, -0.2) is 9.07 Å². The van der Waals surface area contributed by atoms with Crippen molar-refractivity contribution in [2.24, 2.45) is 5.92 Å². The highest BCUT2D eigenvalue weighted by atomic mass is 19.1. The highest BCUT2D eigenvalue weighted by molar-refractivity contribution is 5.92. The fraction of sp³-hybridized carbons (Fsp3) is 0.550. The molecular weight excluding hydrogens is 347 g/mol. The number of hydrogen-bond acceptors (Lipinski definition) is 4. The molecule has 144 valence electrons. The third kappa shape index (κ3) is 4.53. The number of nitrogens with zero attached hydrogens (tertiary/aromatic N) is 4. The Kier molecular flexibility index (Phi) is 5.48. The highest BCUT2D eigenvalue weighted by Crippen LogP contribution is 2.28. The summed E-state index contributed by atoms with van der Waals surface area (Å²) < 4.78 is 20.4. The first-order chi connectivity index (χ1) is 13.2. The Hall–Kier alpha value is -2.28. The monoisotopic (exact) mass is 372 g/mol. The van der Waals surface area contributed by atoms with Gasteiger partial charge in [-0.2, -0.15) is 0 Å². The Morgan fingerprint density at radius 1 is 1.19 bits per heavy atom. The first-order valence-corrected chi connectivity index (χ1v) is 9.73. The number of aromatic nitrogens is 3. The molecule has 0 bridgehead atoms. The molecule has 2 aromatic rings. The summed E-state index contributed by atoms with van der Waals surface area (Å²) in [4.78, 5) is 14.9. The Labute approximate surface area is 158 Å². The minimum atomic E-state index is -0.269. The number of amides is 1. The maximum absolute atomic E-state index is 13.0. The summed E-state index contributed by atoms with van der Waals surface area (Å²) in [6.07, 6.45) is 7.49. The molecule has 0 unspecified atom stereocenters. The summed E-state index contributed by atoms with van der Waals surface area (Å²) in [5.41, 5.74) is 1.26. The molecule has 1 aliphatic carbocycles. The van der Waals surface area contributed by atoms with Crippen LogP contribution in [0.15, 0.2) is 30.5 Å². The number of benzene rings is 1. The van der Waals surface area contributed by atoms with E-state index in [0.717, 1.165) is 31.6 Å². The van der Waals surface area contributed by atoms with E-state index < -0.39 is 0 Å². The summed E-state index contributed by atoms with van der Waals surface area (Å²) in [5, 5.41) is 8.16. The average molecular weight is 372 g/mol. The lowest BCUT2D eigenvalue weighted by atomic mass is 9.85. The third-order valence-electron chi connectivity index (χ3n) is 5.45. The van der Waals surface area contributed by atoms with Crippen LogP contribution in [-0.4, -0.2) is 51.6 Å². The highest BCUT2D eigenvalue weighted by Gasteiger charge is 2.29. The van der Waals surface area contributed by atoms with E-state index in [0.29, 0.717) is 24.7 Å². The molecule has 1 aromatic heterocycles. The van der Waals surface area contributed by atoms with Crippen LogP contribution in [0.2, 0.25) is 0 Å². The topological polar surface area (TPSA) is 60.2 Å². The lowest BCUT2D eigenvalue weighted by molar-refractivity contribution is 0.0443. The van der Waals surface area contributed by atoms with Gasteiger partial charge in [0.1, 0.15) is 5.82 Å². The van der Waals surface area contributed by atoms with E-state index in [1.54, 1.807) is 23.0 Å². The smallest absolute Gasteiger partial charge is 0.276 e. The van der Waals surface area contributed by atoms with Gasteiger partial charge >= 0.3 is 0 Å². The number of rotatable bonds is 7. The molecule has 2 heterocycles. The first-order valence-electron chi connectivity index (χ1n) is 9.73. The van der Waals surface area contributed by atoms with Gasteiger partial charge in [0.2, 0.25) is 0 Å². The number of halogens is 1. The number of carbonyl (C=O) groups is 1. The molecule has 6 nitrogen and oxygen atoms in total. The maximum Gasteiger partial charge on any atom is 0.276 e. The maximum atomic E-state index is 13.0. The molecule has 1 saturated heterocycles. The van der Waals surface area contributed by atoms with Gasteiger partial charge in [-0.15, -0.1) is 5.10 Å². The van der Waals surface area contributed by atoms with Crippen LogP contribution >= 0.6 is 0 Å². The fourth-order valence-corrected chi connectivity index (χ4v) is 3.67. The number of carbonyl (C=O) groups excluding carboxylic acids is 1. The second-order valence-electron chi connectivity index (χ2n) is 7.57. The molecule has 4 rings (SSSR count). The summed E-state index contributed by atoms with van der Waals surface area (Å²) in [6, 6.07) is 6.25. The Morgan fingerprint density at radius 3 is 2.67 bits per heavy atom. The average Bonchev–Trinajstić information content (AvgIpc) is 3.30. The minimum Gasteiger partial charge on any atom is -0.376 e. The molecule has 1 aromatic carbocycles. The van der Waals surface area contributed by atoms with Gasteiger partial charge in [0.15, 0.2) is 5.69 Å². The molecular formula is C20H25FN4O2. The molecule has 0 radical (unpaired) electrons. The lowest BCUT2D eigenvalue weighted by Crippen LogP contribution is -2.42. The molecule has 2 fully saturated rings. The summed E-state index contributed by atoms with van der Waals surface area (Å²) in [5.74, 6) is 0.237.